The highest BCUT2D eigenvalue weighted by Gasteiger charge is 2.21. The fraction of sp³-hybridized carbons (Fsp3) is 0.455. The molecule has 0 aliphatic carbocycles. The zero-order chi connectivity index (χ0) is 19.7. The number of hydrogen-bond donors (Lipinski definition) is 2. The number of rotatable bonds is 4. The van der Waals surface area contributed by atoms with Crippen LogP contribution in [0, 0.1) is 13.8 Å². The summed E-state index contributed by atoms with van der Waals surface area (Å²) in [6, 6.07) is 4.37. The molecule has 0 radical (unpaired) electrons. The van der Waals surface area contributed by atoms with Crippen LogP contribution in [0.1, 0.15) is 35.2 Å². The molecule has 0 unspecified atom stereocenters. The van der Waals surface area contributed by atoms with Gasteiger partial charge in [0.25, 0.3) is 0 Å². The van der Waals surface area contributed by atoms with Crippen molar-refractivity contribution in [1.82, 2.24) is 14.9 Å². The molecule has 0 bridgehead atoms. The van der Waals surface area contributed by atoms with E-state index in [1.807, 2.05) is 20.9 Å². The summed E-state index contributed by atoms with van der Waals surface area (Å²) in [6.45, 7) is 6.91. The summed E-state index contributed by atoms with van der Waals surface area (Å²) in [7, 11) is 4.06. The van der Waals surface area contributed by atoms with E-state index >= 15 is 0 Å². The van der Waals surface area contributed by atoms with Gasteiger partial charge in [0.15, 0.2) is 0 Å². The number of benzene rings is 1. The molecule has 4 rings (SSSR count). The highest BCUT2D eigenvalue weighted by molar-refractivity contribution is 5.77. The highest BCUT2D eigenvalue weighted by atomic mass is 16.5. The SMILES string of the molecule is CNc1nc(Nc2cc3c(c(C4=CCN(C)CCC4)c2)OCC3)nc(C)c1C. The molecule has 0 fully saturated rings. The van der Waals surface area contributed by atoms with Crippen LogP contribution in [-0.2, 0) is 6.42 Å². The van der Waals surface area contributed by atoms with Crippen LogP contribution in [0.2, 0.25) is 0 Å². The van der Waals surface area contributed by atoms with Crippen molar-refractivity contribution >= 4 is 23.0 Å². The lowest BCUT2D eigenvalue weighted by Crippen LogP contribution is -2.17. The molecule has 6 heteroatoms. The average Bonchev–Trinajstić information content (AvgIpc) is 3.04. The maximum atomic E-state index is 6.00. The van der Waals surface area contributed by atoms with Gasteiger partial charge in [0.05, 0.1) is 6.61 Å². The summed E-state index contributed by atoms with van der Waals surface area (Å²) in [5.74, 6) is 2.53. The number of aryl methyl sites for hydroxylation is 1. The van der Waals surface area contributed by atoms with E-state index in [-0.39, 0.29) is 0 Å². The first kappa shape index (κ1) is 18.7. The van der Waals surface area contributed by atoms with E-state index in [0.29, 0.717) is 5.95 Å². The summed E-state index contributed by atoms with van der Waals surface area (Å²) < 4.78 is 6.00. The molecule has 0 saturated heterocycles. The molecule has 2 aromatic rings. The van der Waals surface area contributed by atoms with Crippen molar-refractivity contribution in [2.75, 3.05) is 44.4 Å². The molecule has 3 heterocycles. The minimum absolute atomic E-state index is 0.617. The molecule has 0 atom stereocenters. The Labute approximate surface area is 167 Å². The van der Waals surface area contributed by atoms with Gasteiger partial charge in [-0.15, -0.1) is 0 Å². The third-order valence-electron chi connectivity index (χ3n) is 5.65. The number of allylic oxidation sites excluding steroid dienone is 1. The summed E-state index contributed by atoms with van der Waals surface area (Å²) in [6.07, 6.45) is 5.54. The summed E-state index contributed by atoms with van der Waals surface area (Å²) in [5.41, 5.74) is 6.91. The zero-order valence-electron chi connectivity index (χ0n) is 17.2. The Kier molecular flexibility index (Phi) is 5.22. The minimum Gasteiger partial charge on any atom is -0.492 e. The molecule has 2 aliphatic heterocycles. The Morgan fingerprint density at radius 1 is 1.14 bits per heavy atom. The maximum absolute atomic E-state index is 6.00. The Bertz CT molecular complexity index is 922. The molecule has 28 heavy (non-hydrogen) atoms. The molecule has 0 amide bonds. The Morgan fingerprint density at radius 2 is 2.00 bits per heavy atom. The van der Waals surface area contributed by atoms with Gasteiger partial charge in [0.1, 0.15) is 11.6 Å². The summed E-state index contributed by atoms with van der Waals surface area (Å²) in [4.78, 5) is 11.6. The summed E-state index contributed by atoms with van der Waals surface area (Å²) in [5, 5.41) is 6.58. The lowest BCUT2D eigenvalue weighted by atomic mass is 9.97. The monoisotopic (exact) mass is 379 g/mol. The van der Waals surface area contributed by atoms with Gasteiger partial charge < -0.3 is 20.3 Å². The molecule has 1 aromatic heterocycles. The van der Waals surface area contributed by atoms with E-state index in [1.54, 1.807) is 0 Å². The fourth-order valence-electron chi connectivity index (χ4n) is 3.92. The quantitative estimate of drug-likeness (QED) is 0.839. The molecule has 0 saturated carbocycles. The van der Waals surface area contributed by atoms with Crippen LogP contribution in [0.4, 0.5) is 17.5 Å². The van der Waals surface area contributed by atoms with E-state index in [9.17, 15) is 0 Å². The van der Waals surface area contributed by atoms with E-state index in [0.717, 1.165) is 61.1 Å². The number of hydrogen-bond acceptors (Lipinski definition) is 6. The van der Waals surface area contributed by atoms with Crippen molar-refractivity contribution < 1.29 is 4.74 Å². The minimum atomic E-state index is 0.617. The van der Waals surface area contributed by atoms with Gasteiger partial charge in [-0.2, -0.15) is 4.98 Å². The molecule has 0 spiro atoms. The van der Waals surface area contributed by atoms with Crippen molar-refractivity contribution in [3.8, 4) is 5.75 Å². The van der Waals surface area contributed by atoms with E-state index in [2.05, 4.69) is 50.8 Å². The normalized spacial score (nSPS) is 16.8. The molecule has 2 N–H and O–H groups in total. The Balaban J connectivity index is 1.70. The molecular weight excluding hydrogens is 350 g/mol. The standard InChI is InChI=1S/C22H29N5O/c1-14-15(2)24-22(26-21(14)23-3)25-18-12-17-8-11-28-20(17)19(13-18)16-6-5-9-27(4)10-7-16/h7,12-13H,5-6,8-11H2,1-4H3,(H2,23,24,25,26). The van der Waals surface area contributed by atoms with Crippen LogP contribution in [0.5, 0.6) is 5.75 Å². The number of nitrogens with zero attached hydrogens (tertiary/aromatic N) is 3. The van der Waals surface area contributed by atoms with Crippen LogP contribution < -0.4 is 15.4 Å². The van der Waals surface area contributed by atoms with E-state index in [1.165, 1.54) is 23.1 Å². The molecular formula is C22H29N5O. The number of ether oxygens (including phenoxy) is 1. The number of nitrogens with one attached hydrogen (secondary N) is 2. The van der Waals surface area contributed by atoms with Crippen molar-refractivity contribution in [2.45, 2.75) is 33.1 Å². The number of anilines is 3. The second kappa shape index (κ2) is 7.80. The molecule has 6 nitrogen and oxygen atoms in total. The van der Waals surface area contributed by atoms with Gasteiger partial charge in [-0.1, -0.05) is 6.08 Å². The van der Waals surface area contributed by atoms with Crippen LogP contribution in [0.25, 0.3) is 5.57 Å². The predicted octanol–water partition coefficient (Wildman–Crippen LogP) is 3.92. The molecule has 1 aromatic carbocycles. The smallest absolute Gasteiger partial charge is 0.229 e. The largest absolute Gasteiger partial charge is 0.492 e. The summed E-state index contributed by atoms with van der Waals surface area (Å²) >= 11 is 0. The van der Waals surface area contributed by atoms with Gasteiger partial charge in [-0.25, -0.2) is 4.98 Å². The van der Waals surface area contributed by atoms with Crippen molar-refractivity contribution in [3.05, 3.63) is 40.6 Å². The first-order chi connectivity index (χ1) is 13.5. The van der Waals surface area contributed by atoms with Crippen LogP contribution in [-0.4, -0.2) is 48.7 Å². The first-order valence-corrected chi connectivity index (χ1v) is 10.0. The maximum Gasteiger partial charge on any atom is 0.229 e. The van der Waals surface area contributed by atoms with Gasteiger partial charge in [0.2, 0.25) is 5.95 Å². The van der Waals surface area contributed by atoms with Crippen LogP contribution in [0.15, 0.2) is 18.2 Å². The lowest BCUT2D eigenvalue weighted by Gasteiger charge is -2.15. The molecule has 148 valence electrons. The van der Waals surface area contributed by atoms with E-state index in [4.69, 9.17) is 4.74 Å². The van der Waals surface area contributed by atoms with Crippen molar-refractivity contribution in [3.63, 3.8) is 0 Å². The third kappa shape index (κ3) is 3.69. The predicted molar refractivity (Wildman–Crippen MR) is 115 cm³/mol. The van der Waals surface area contributed by atoms with Crippen LogP contribution >= 0.6 is 0 Å². The first-order valence-electron chi connectivity index (χ1n) is 10.0. The number of fused-ring (bicyclic) bond motifs is 1. The molecule has 2 aliphatic rings. The lowest BCUT2D eigenvalue weighted by molar-refractivity contribution is 0.356. The number of aromatic nitrogens is 2. The highest BCUT2D eigenvalue weighted by Crippen LogP contribution is 2.39. The van der Waals surface area contributed by atoms with Crippen molar-refractivity contribution in [2.24, 2.45) is 0 Å². The second-order valence-electron chi connectivity index (χ2n) is 7.69. The van der Waals surface area contributed by atoms with Gasteiger partial charge in [-0.3, -0.25) is 0 Å². The topological polar surface area (TPSA) is 62.3 Å². The Morgan fingerprint density at radius 3 is 2.82 bits per heavy atom. The van der Waals surface area contributed by atoms with Gasteiger partial charge >= 0.3 is 0 Å². The van der Waals surface area contributed by atoms with Gasteiger partial charge in [0, 0.05) is 48.1 Å². The van der Waals surface area contributed by atoms with E-state index < -0.39 is 0 Å². The van der Waals surface area contributed by atoms with Crippen LogP contribution in [0.3, 0.4) is 0 Å². The second-order valence-corrected chi connectivity index (χ2v) is 7.69. The fourth-order valence-corrected chi connectivity index (χ4v) is 3.92. The van der Waals surface area contributed by atoms with Crippen molar-refractivity contribution in [1.29, 1.82) is 0 Å². The Hall–Kier alpha value is -2.60. The zero-order valence-corrected chi connectivity index (χ0v) is 17.2. The third-order valence-corrected chi connectivity index (χ3v) is 5.65. The van der Waals surface area contributed by atoms with Gasteiger partial charge in [-0.05, 0) is 58.0 Å². The average molecular weight is 380 g/mol. The number of likely N-dealkylation sites (N-methyl/N-ethyl adjacent to an activating group) is 1.